The molecule has 0 aliphatic carbocycles. The summed E-state index contributed by atoms with van der Waals surface area (Å²) in [6, 6.07) is 0. The van der Waals surface area contributed by atoms with Crippen LogP contribution in [0.2, 0.25) is 0 Å². The molecule has 0 aromatic heterocycles. The van der Waals surface area contributed by atoms with Gasteiger partial charge in [-0.25, -0.2) is 4.57 Å². The number of hydrogen-bond donors (Lipinski definition) is 1. The van der Waals surface area contributed by atoms with Crippen molar-refractivity contribution in [3.05, 3.63) is 29.2 Å². The summed E-state index contributed by atoms with van der Waals surface area (Å²) in [5.74, 6) is -0.470. The number of carbonyl (C=O) groups excluding carboxylic acids is 1. The van der Waals surface area contributed by atoms with Gasteiger partial charge in [0.15, 0.2) is 0 Å². The second-order valence-corrected chi connectivity index (χ2v) is 10.7. The van der Waals surface area contributed by atoms with E-state index in [0.717, 1.165) is 38.5 Å². The number of nitroso groups, excluding NO2 is 1. The first-order chi connectivity index (χ1) is 16.9. The molecule has 1 heterocycles. The molecule has 0 aromatic carbocycles. The molecule has 3 atom stereocenters. The fourth-order valence-corrected chi connectivity index (χ4v) is 4.92. The van der Waals surface area contributed by atoms with Gasteiger partial charge in [0.2, 0.25) is 0 Å². The number of phosphoric acid groups is 1. The van der Waals surface area contributed by atoms with E-state index in [1.165, 1.54) is 44.9 Å². The zero-order valence-corrected chi connectivity index (χ0v) is 22.4. The van der Waals surface area contributed by atoms with Crippen LogP contribution in [0.4, 0.5) is 0 Å². The predicted molar refractivity (Wildman–Crippen MR) is 139 cm³/mol. The maximum Gasteiger partial charge on any atom is 0.472 e. The minimum Gasteiger partial charge on any atom is -0.462 e. The molecule has 1 aliphatic heterocycles. The van der Waals surface area contributed by atoms with Crippen LogP contribution >= 0.6 is 7.82 Å². The van der Waals surface area contributed by atoms with Crippen LogP contribution in [0.25, 0.3) is 0 Å². The van der Waals surface area contributed by atoms with Crippen LogP contribution < -0.4 is 0 Å². The summed E-state index contributed by atoms with van der Waals surface area (Å²) in [5, 5.41) is 2.60. The Hall–Kier alpha value is -1.34. The Morgan fingerprint density at radius 3 is 2.17 bits per heavy atom. The van der Waals surface area contributed by atoms with Crippen molar-refractivity contribution in [2.24, 2.45) is 5.18 Å². The molecule has 35 heavy (non-hydrogen) atoms. The Kier molecular flexibility index (Phi) is 18.8. The summed E-state index contributed by atoms with van der Waals surface area (Å²) in [6.07, 6.45) is 23.3. The third-order valence-electron chi connectivity index (χ3n) is 5.89. The first-order valence-electron chi connectivity index (χ1n) is 13.4. The Bertz CT molecular complexity index is 668. The minimum absolute atomic E-state index is 0.126. The maximum absolute atomic E-state index is 12.5. The average Bonchev–Trinajstić information content (AvgIpc) is 2.79. The highest BCUT2D eigenvalue weighted by molar-refractivity contribution is 7.47. The summed E-state index contributed by atoms with van der Waals surface area (Å²) in [5.41, 5.74) is 0. The fourth-order valence-electron chi connectivity index (χ4n) is 3.99. The summed E-state index contributed by atoms with van der Waals surface area (Å²) >= 11 is 0. The lowest BCUT2D eigenvalue weighted by Gasteiger charge is -2.21. The summed E-state index contributed by atoms with van der Waals surface area (Å²) in [6.45, 7) is 1.27. The van der Waals surface area contributed by atoms with Crippen LogP contribution in [-0.4, -0.2) is 36.2 Å². The molecule has 1 N–H and O–H groups in total. The van der Waals surface area contributed by atoms with Crippen molar-refractivity contribution in [2.75, 3.05) is 13.2 Å². The number of cyclic esters (lactones) is 1. The Labute approximate surface area is 211 Å². The van der Waals surface area contributed by atoms with Gasteiger partial charge in [0.05, 0.1) is 19.1 Å². The van der Waals surface area contributed by atoms with E-state index in [9.17, 15) is 19.2 Å². The smallest absolute Gasteiger partial charge is 0.462 e. The van der Waals surface area contributed by atoms with E-state index in [1.54, 1.807) is 0 Å². The largest absolute Gasteiger partial charge is 0.472 e. The molecule has 202 valence electrons. The number of hydrogen-bond acceptors (Lipinski definition) is 7. The van der Waals surface area contributed by atoms with Crippen LogP contribution in [0.5, 0.6) is 0 Å². The Balaban J connectivity index is 2.63. The SMILES string of the molecule is C[C@@H]1C/C=C/CC/C=C\CCCCCCCCCCCC[C@H](OP(=O)(O)OCCN=O)CC(=O)O1. The molecule has 9 heteroatoms. The first kappa shape index (κ1) is 31.7. The predicted octanol–water partition coefficient (Wildman–Crippen LogP) is 7.55. The normalized spacial score (nSPS) is 27.0. The summed E-state index contributed by atoms with van der Waals surface area (Å²) in [7, 11) is -4.40. The van der Waals surface area contributed by atoms with Crippen LogP contribution in [-0.2, 0) is 23.1 Å². The molecule has 0 bridgehead atoms. The molecule has 0 spiro atoms. The van der Waals surface area contributed by atoms with Gasteiger partial charge in [0.1, 0.15) is 12.6 Å². The molecule has 0 radical (unpaired) electrons. The maximum atomic E-state index is 12.5. The summed E-state index contributed by atoms with van der Waals surface area (Å²) in [4.78, 5) is 32.6. The Morgan fingerprint density at radius 2 is 1.51 bits per heavy atom. The quantitative estimate of drug-likeness (QED) is 0.128. The molecule has 0 fully saturated rings. The van der Waals surface area contributed by atoms with Crippen molar-refractivity contribution in [1.82, 2.24) is 0 Å². The topological polar surface area (TPSA) is 111 Å². The lowest BCUT2D eigenvalue weighted by atomic mass is 10.0. The van der Waals surface area contributed by atoms with Crippen molar-refractivity contribution in [1.29, 1.82) is 0 Å². The zero-order valence-electron chi connectivity index (χ0n) is 21.5. The molecular weight excluding hydrogens is 469 g/mol. The van der Waals surface area contributed by atoms with Crippen LogP contribution in [0.15, 0.2) is 29.5 Å². The second-order valence-electron chi connectivity index (χ2n) is 9.26. The third-order valence-corrected chi connectivity index (χ3v) is 6.97. The van der Waals surface area contributed by atoms with Gasteiger partial charge in [-0.1, -0.05) is 87.3 Å². The number of ether oxygens (including phenoxy) is 1. The van der Waals surface area contributed by atoms with Crippen molar-refractivity contribution < 1.29 is 28.0 Å². The molecule has 8 nitrogen and oxygen atoms in total. The number of rotatable bonds is 6. The average molecular weight is 516 g/mol. The number of carbonyl (C=O) groups is 1. The monoisotopic (exact) mass is 515 g/mol. The van der Waals surface area contributed by atoms with Crippen LogP contribution in [0.1, 0.15) is 110 Å². The van der Waals surface area contributed by atoms with Gasteiger partial charge in [0.25, 0.3) is 0 Å². The first-order valence-corrected chi connectivity index (χ1v) is 14.9. The molecule has 1 aliphatic rings. The van der Waals surface area contributed by atoms with Gasteiger partial charge in [-0.15, -0.1) is 0 Å². The highest BCUT2D eigenvalue weighted by Crippen LogP contribution is 2.45. The van der Waals surface area contributed by atoms with E-state index in [2.05, 4.69) is 23.4 Å². The molecule has 1 unspecified atom stereocenters. The van der Waals surface area contributed by atoms with Gasteiger partial charge >= 0.3 is 13.8 Å². The lowest BCUT2D eigenvalue weighted by molar-refractivity contribution is -0.150. The van der Waals surface area contributed by atoms with E-state index in [1.807, 2.05) is 13.0 Å². The second kappa shape index (κ2) is 20.8. The van der Waals surface area contributed by atoms with Gasteiger partial charge in [-0.2, -0.15) is 4.91 Å². The van der Waals surface area contributed by atoms with Crippen LogP contribution in [0, 0.1) is 4.91 Å². The van der Waals surface area contributed by atoms with E-state index in [4.69, 9.17) is 13.8 Å². The zero-order chi connectivity index (χ0) is 25.6. The van der Waals surface area contributed by atoms with Crippen molar-refractivity contribution in [3.63, 3.8) is 0 Å². The molecule has 1 rings (SSSR count). The molecule has 0 saturated carbocycles. The van der Waals surface area contributed by atoms with Gasteiger partial charge in [-0.05, 0) is 39.0 Å². The standard InChI is InChI=1S/C26H46NO7P/c1-24-19-17-15-13-11-9-7-5-3-2-4-6-8-10-12-14-16-18-20-25(23-26(28)33-24)34-35(30,31)32-22-21-27-29/h7,9,15,17,24-25H,2-6,8,10-14,16,18-23H2,1H3,(H,30,31)/b9-7-,17-15+/t24-,25+/m1/s1. The highest BCUT2D eigenvalue weighted by atomic mass is 31.2. The number of nitrogens with zero attached hydrogens (tertiary/aromatic N) is 1. The van der Waals surface area contributed by atoms with E-state index in [-0.39, 0.29) is 25.7 Å². The molecule has 0 amide bonds. The van der Waals surface area contributed by atoms with Gasteiger partial charge < -0.3 is 9.63 Å². The molecular formula is C26H46NO7P. The van der Waals surface area contributed by atoms with Crippen molar-refractivity contribution in [3.8, 4) is 0 Å². The van der Waals surface area contributed by atoms with Crippen molar-refractivity contribution >= 4 is 13.8 Å². The number of allylic oxidation sites excluding steroid dienone is 3. The van der Waals surface area contributed by atoms with E-state index >= 15 is 0 Å². The molecule has 0 saturated heterocycles. The number of phosphoric ester groups is 1. The lowest BCUT2D eigenvalue weighted by Crippen LogP contribution is -2.22. The van der Waals surface area contributed by atoms with Gasteiger partial charge in [0, 0.05) is 6.42 Å². The molecule has 0 aromatic rings. The van der Waals surface area contributed by atoms with E-state index in [0.29, 0.717) is 12.8 Å². The van der Waals surface area contributed by atoms with Crippen molar-refractivity contribution in [2.45, 2.75) is 122 Å². The number of esters is 1. The summed E-state index contributed by atoms with van der Waals surface area (Å²) < 4.78 is 27.8. The van der Waals surface area contributed by atoms with E-state index < -0.39 is 19.9 Å². The Morgan fingerprint density at radius 1 is 0.943 bits per heavy atom. The third kappa shape index (κ3) is 19.5. The van der Waals surface area contributed by atoms with Gasteiger partial charge in [-0.3, -0.25) is 13.8 Å². The van der Waals surface area contributed by atoms with Crippen LogP contribution in [0.3, 0.4) is 0 Å². The minimum atomic E-state index is -4.40. The fraction of sp³-hybridized carbons (Fsp3) is 0.808. The highest BCUT2D eigenvalue weighted by Gasteiger charge is 2.28.